The molecule has 1 aliphatic heterocycles. The largest absolute Gasteiger partial charge is 0.477 e. The number of carboxylic acid groups (broad SMARTS) is 1. The number of hydrogen-bond acceptors (Lipinski definition) is 4. The minimum Gasteiger partial charge on any atom is -0.477 e. The summed E-state index contributed by atoms with van der Waals surface area (Å²) in [6, 6.07) is 1.29. The van der Waals surface area contributed by atoms with Gasteiger partial charge in [-0.2, -0.15) is 0 Å². The van der Waals surface area contributed by atoms with Gasteiger partial charge in [-0.3, -0.25) is 4.90 Å². The second-order valence-corrected chi connectivity index (χ2v) is 8.19. The van der Waals surface area contributed by atoms with Gasteiger partial charge in [0, 0.05) is 32.4 Å². The van der Waals surface area contributed by atoms with E-state index in [9.17, 15) is 13.2 Å². The second-order valence-electron chi connectivity index (χ2n) is 6.42. The lowest BCUT2D eigenvalue weighted by Gasteiger charge is -2.35. The summed E-state index contributed by atoms with van der Waals surface area (Å²) in [5.74, 6) is -0.514. The van der Waals surface area contributed by atoms with Crippen LogP contribution in [0.25, 0.3) is 0 Å². The van der Waals surface area contributed by atoms with E-state index >= 15 is 0 Å². The summed E-state index contributed by atoms with van der Waals surface area (Å²) in [5.41, 5.74) is -0.0525. The van der Waals surface area contributed by atoms with Gasteiger partial charge in [-0.15, -0.1) is 0 Å². The molecule has 130 valence electrons. The van der Waals surface area contributed by atoms with Gasteiger partial charge in [-0.1, -0.05) is 6.92 Å². The van der Waals surface area contributed by atoms with Crippen LogP contribution in [0, 0.1) is 5.92 Å². The van der Waals surface area contributed by atoms with E-state index in [0.717, 1.165) is 19.5 Å². The molecule has 2 rings (SSSR count). The number of rotatable bonds is 6. The summed E-state index contributed by atoms with van der Waals surface area (Å²) in [5, 5.41) is 9.02. The summed E-state index contributed by atoms with van der Waals surface area (Å²) in [6.07, 6.45) is 3.68. The van der Waals surface area contributed by atoms with E-state index in [4.69, 9.17) is 5.11 Å². The average Bonchev–Trinajstić information content (AvgIpc) is 2.88. The Morgan fingerprint density at radius 2 is 2.22 bits per heavy atom. The number of carbonyl (C=O) groups is 1. The number of nitrogens with one attached hydrogen (secondary N) is 1. The van der Waals surface area contributed by atoms with Crippen molar-refractivity contribution < 1.29 is 18.3 Å². The highest BCUT2D eigenvalue weighted by Crippen LogP contribution is 2.18. The third kappa shape index (κ3) is 4.33. The Labute approximate surface area is 137 Å². The smallest absolute Gasteiger partial charge is 0.352 e. The fourth-order valence-corrected chi connectivity index (χ4v) is 4.15. The molecule has 7 nitrogen and oxygen atoms in total. The van der Waals surface area contributed by atoms with Crippen LogP contribution in [0.4, 0.5) is 0 Å². The van der Waals surface area contributed by atoms with Crippen LogP contribution in [-0.4, -0.2) is 54.6 Å². The van der Waals surface area contributed by atoms with E-state index in [0.29, 0.717) is 12.5 Å². The van der Waals surface area contributed by atoms with E-state index in [2.05, 4.69) is 16.5 Å². The van der Waals surface area contributed by atoms with Gasteiger partial charge in [0.25, 0.3) is 0 Å². The first kappa shape index (κ1) is 18.0. The summed E-state index contributed by atoms with van der Waals surface area (Å²) in [6.45, 7) is 6.50. The monoisotopic (exact) mass is 343 g/mol. The predicted octanol–water partition coefficient (Wildman–Crippen LogP) is 1.12. The van der Waals surface area contributed by atoms with Crippen LogP contribution >= 0.6 is 0 Å². The van der Waals surface area contributed by atoms with Crippen LogP contribution in [0.1, 0.15) is 37.2 Å². The van der Waals surface area contributed by atoms with Gasteiger partial charge in [0.1, 0.15) is 10.6 Å². The molecule has 1 fully saturated rings. The zero-order valence-electron chi connectivity index (χ0n) is 13.8. The van der Waals surface area contributed by atoms with Gasteiger partial charge in [0.05, 0.1) is 0 Å². The molecule has 0 aliphatic carbocycles. The zero-order chi connectivity index (χ0) is 17.2. The molecule has 0 spiro atoms. The van der Waals surface area contributed by atoms with E-state index in [1.54, 1.807) is 0 Å². The number of aryl methyl sites for hydroxylation is 1. The summed E-state index contributed by atoms with van der Waals surface area (Å²) >= 11 is 0. The van der Waals surface area contributed by atoms with E-state index in [-0.39, 0.29) is 16.6 Å². The van der Waals surface area contributed by atoms with Gasteiger partial charge in [-0.05, 0) is 38.3 Å². The summed E-state index contributed by atoms with van der Waals surface area (Å²) < 4.78 is 28.6. The normalized spacial score (nSPS) is 21.3. The Hall–Kier alpha value is -1.38. The van der Waals surface area contributed by atoms with Crippen LogP contribution < -0.4 is 4.72 Å². The van der Waals surface area contributed by atoms with Crippen molar-refractivity contribution in [3.05, 3.63) is 18.0 Å². The van der Waals surface area contributed by atoms with Crippen molar-refractivity contribution in [3.8, 4) is 0 Å². The van der Waals surface area contributed by atoms with Crippen LogP contribution in [0.5, 0.6) is 0 Å². The Bertz CT molecular complexity index is 668. The van der Waals surface area contributed by atoms with Crippen LogP contribution in [0.15, 0.2) is 17.2 Å². The number of sulfonamides is 1. The van der Waals surface area contributed by atoms with E-state index in [1.165, 1.54) is 30.3 Å². The lowest BCUT2D eigenvalue weighted by Crippen LogP contribution is -2.46. The van der Waals surface area contributed by atoms with E-state index in [1.807, 2.05) is 6.92 Å². The molecule has 0 bridgehead atoms. The van der Waals surface area contributed by atoms with Gasteiger partial charge in [0.2, 0.25) is 10.0 Å². The Balaban J connectivity index is 2.01. The fraction of sp³-hybridized carbons (Fsp3) is 0.667. The van der Waals surface area contributed by atoms with Gasteiger partial charge < -0.3 is 9.67 Å². The van der Waals surface area contributed by atoms with Crippen molar-refractivity contribution in [2.45, 2.75) is 37.6 Å². The third-order valence-corrected chi connectivity index (χ3v) is 5.78. The Kier molecular flexibility index (Phi) is 5.49. The summed E-state index contributed by atoms with van der Waals surface area (Å²) in [7, 11) is -2.19. The number of piperidine rings is 1. The highest BCUT2D eigenvalue weighted by Gasteiger charge is 2.24. The molecule has 0 radical (unpaired) electrons. The average molecular weight is 343 g/mol. The minimum atomic E-state index is -3.70. The zero-order valence-corrected chi connectivity index (χ0v) is 14.6. The maximum Gasteiger partial charge on any atom is 0.352 e. The molecule has 1 aliphatic rings. The molecule has 23 heavy (non-hydrogen) atoms. The fourth-order valence-electron chi connectivity index (χ4n) is 2.96. The van der Waals surface area contributed by atoms with Gasteiger partial charge in [0.15, 0.2) is 0 Å². The Morgan fingerprint density at radius 1 is 1.52 bits per heavy atom. The molecule has 2 atom stereocenters. The topological polar surface area (TPSA) is 91.6 Å². The van der Waals surface area contributed by atoms with Crippen molar-refractivity contribution in [3.63, 3.8) is 0 Å². The highest BCUT2D eigenvalue weighted by molar-refractivity contribution is 7.89. The van der Waals surface area contributed by atoms with Crippen molar-refractivity contribution in [1.82, 2.24) is 14.2 Å². The van der Waals surface area contributed by atoms with Crippen molar-refractivity contribution in [2.75, 3.05) is 19.6 Å². The Morgan fingerprint density at radius 3 is 2.78 bits per heavy atom. The number of carboxylic acids is 1. The van der Waals surface area contributed by atoms with Gasteiger partial charge >= 0.3 is 5.97 Å². The maximum atomic E-state index is 12.3. The first-order valence-electron chi connectivity index (χ1n) is 7.84. The molecule has 2 N–H and O–H groups in total. The number of nitrogens with zero attached hydrogens (tertiary/aromatic N) is 2. The lowest BCUT2D eigenvalue weighted by atomic mass is 9.99. The lowest BCUT2D eigenvalue weighted by molar-refractivity contribution is 0.0686. The van der Waals surface area contributed by atoms with Gasteiger partial charge in [-0.25, -0.2) is 17.9 Å². The molecule has 2 unspecified atom stereocenters. The molecule has 0 amide bonds. The molecule has 1 aromatic heterocycles. The number of aromatic nitrogens is 1. The van der Waals surface area contributed by atoms with Crippen LogP contribution in [0.3, 0.4) is 0 Å². The molecule has 2 heterocycles. The van der Waals surface area contributed by atoms with Crippen molar-refractivity contribution in [2.24, 2.45) is 13.0 Å². The molecule has 0 saturated carbocycles. The molecular weight excluding hydrogens is 318 g/mol. The van der Waals surface area contributed by atoms with Crippen molar-refractivity contribution in [1.29, 1.82) is 0 Å². The SMILES string of the molecule is CC1CCCN(C(C)CNS(=O)(=O)c2cc(C(=O)O)n(C)c2)C1. The standard InChI is InChI=1S/C15H25N3O4S/c1-11-5-4-6-18(9-11)12(2)8-16-23(21,22)13-7-14(15(19)20)17(3)10-13/h7,10-12,16H,4-6,8-9H2,1-3H3,(H,19,20). The second kappa shape index (κ2) is 7.02. The quantitative estimate of drug-likeness (QED) is 0.808. The number of likely N-dealkylation sites (tertiary alicyclic amines) is 1. The molecular formula is C15H25N3O4S. The molecule has 1 aromatic rings. The predicted molar refractivity (Wildman–Crippen MR) is 87.0 cm³/mol. The number of hydrogen-bond donors (Lipinski definition) is 2. The highest BCUT2D eigenvalue weighted by atomic mass is 32.2. The number of aromatic carboxylic acids is 1. The van der Waals surface area contributed by atoms with Crippen LogP contribution in [0.2, 0.25) is 0 Å². The molecule has 8 heteroatoms. The minimum absolute atomic E-state index is 0.0170. The van der Waals surface area contributed by atoms with Crippen LogP contribution in [-0.2, 0) is 17.1 Å². The first-order chi connectivity index (χ1) is 10.7. The van der Waals surface area contributed by atoms with E-state index < -0.39 is 16.0 Å². The van der Waals surface area contributed by atoms with Crippen molar-refractivity contribution >= 4 is 16.0 Å². The first-order valence-corrected chi connectivity index (χ1v) is 9.32. The third-order valence-electron chi connectivity index (χ3n) is 4.39. The summed E-state index contributed by atoms with van der Waals surface area (Å²) in [4.78, 5) is 13.3. The maximum absolute atomic E-state index is 12.3. The molecule has 0 aromatic carbocycles. The molecule has 1 saturated heterocycles.